The van der Waals surface area contributed by atoms with Crippen LogP contribution >= 0.6 is 0 Å². The lowest BCUT2D eigenvalue weighted by Gasteiger charge is -2.34. The van der Waals surface area contributed by atoms with Crippen molar-refractivity contribution < 1.29 is 5.11 Å². The summed E-state index contributed by atoms with van der Waals surface area (Å²) in [6.07, 6.45) is 2.32. The highest BCUT2D eigenvalue weighted by atomic mass is 16.3. The Balaban J connectivity index is 2.33. The molecule has 10 heavy (non-hydrogen) atoms. The second-order valence-electron chi connectivity index (χ2n) is 3.40. The van der Waals surface area contributed by atoms with Crippen LogP contribution in [0.5, 0.6) is 0 Å². The fourth-order valence-electron chi connectivity index (χ4n) is 1.55. The predicted octanol–water partition coefficient (Wildman–Crippen LogP) is 0.709. The summed E-state index contributed by atoms with van der Waals surface area (Å²) in [4.78, 5) is 2.35. The number of rotatable bonds is 1. The molecule has 0 aromatic heterocycles. The van der Waals surface area contributed by atoms with Crippen LogP contribution < -0.4 is 0 Å². The number of likely N-dealkylation sites (tertiary alicyclic amines) is 1. The molecule has 0 radical (unpaired) electrons. The van der Waals surface area contributed by atoms with Crippen molar-refractivity contribution in [2.75, 3.05) is 20.2 Å². The van der Waals surface area contributed by atoms with Crippen LogP contribution in [-0.4, -0.2) is 36.2 Å². The molecule has 2 nitrogen and oxygen atoms in total. The van der Waals surface area contributed by atoms with E-state index >= 15 is 0 Å². The van der Waals surface area contributed by atoms with E-state index in [2.05, 4.69) is 18.9 Å². The van der Waals surface area contributed by atoms with Gasteiger partial charge >= 0.3 is 0 Å². The Kier molecular flexibility index (Phi) is 2.69. The summed E-state index contributed by atoms with van der Waals surface area (Å²) >= 11 is 0. The van der Waals surface area contributed by atoms with Crippen LogP contribution in [0, 0.1) is 5.92 Å². The van der Waals surface area contributed by atoms with Gasteiger partial charge in [-0.3, -0.25) is 0 Å². The van der Waals surface area contributed by atoms with Crippen molar-refractivity contribution >= 4 is 0 Å². The molecule has 1 aliphatic heterocycles. The molecule has 0 bridgehead atoms. The number of nitrogens with zero attached hydrogens (tertiary/aromatic N) is 1. The molecule has 2 atom stereocenters. The van der Waals surface area contributed by atoms with Gasteiger partial charge in [0, 0.05) is 12.6 Å². The highest BCUT2D eigenvalue weighted by Gasteiger charge is 2.21. The Morgan fingerprint density at radius 3 is 2.80 bits per heavy atom. The van der Waals surface area contributed by atoms with E-state index in [0.717, 1.165) is 19.4 Å². The summed E-state index contributed by atoms with van der Waals surface area (Å²) in [5, 5.41) is 8.88. The maximum atomic E-state index is 8.88. The van der Waals surface area contributed by atoms with Crippen LogP contribution in [0.3, 0.4) is 0 Å². The summed E-state index contributed by atoms with van der Waals surface area (Å²) in [5.41, 5.74) is 0. The lowest BCUT2D eigenvalue weighted by molar-refractivity contribution is 0.109. The summed E-state index contributed by atoms with van der Waals surface area (Å²) in [7, 11) is 2.15. The molecule has 1 heterocycles. The molecule has 1 fully saturated rings. The van der Waals surface area contributed by atoms with Crippen molar-refractivity contribution in [3.05, 3.63) is 0 Å². The van der Waals surface area contributed by atoms with Gasteiger partial charge in [0.25, 0.3) is 0 Å². The van der Waals surface area contributed by atoms with E-state index in [1.54, 1.807) is 0 Å². The summed E-state index contributed by atoms with van der Waals surface area (Å²) in [5.74, 6) is 0.561. The summed E-state index contributed by atoms with van der Waals surface area (Å²) in [6.45, 7) is 3.74. The third-order valence-electron chi connectivity index (χ3n) is 2.58. The minimum Gasteiger partial charge on any atom is -0.396 e. The normalized spacial score (nSPS) is 36.3. The second-order valence-corrected chi connectivity index (χ2v) is 3.40. The topological polar surface area (TPSA) is 23.5 Å². The fourth-order valence-corrected chi connectivity index (χ4v) is 1.55. The summed E-state index contributed by atoms with van der Waals surface area (Å²) < 4.78 is 0. The molecule has 0 aliphatic carbocycles. The summed E-state index contributed by atoms with van der Waals surface area (Å²) in [6, 6.07) is 0.658. The molecule has 0 saturated carbocycles. The van der Waals surface area contributed by atoms with E-state index in [9.17, 15) is 0 Å². The number of aliphatic hydroxyl groups excluding tert-OH is 1. The van der Waals surface area contributed by atoms with E-state index < -0.39 is 0 Å². The predicted molar refractivity (Wildman–Crippen MR) is 41.9 cm³/mol. The largest absolute Gasteiger partial charge is 0.396 e. The highest BCUT2D eigenvalue weighted by Crippen LogP contribution is 2.20. The van der Waals surface area contributed by atoms with Gasteiger partial charge in [-0.15, -0.1) is 0 Å². The fraction of sp³-hybridized carbons (Fsp3) is 1.00. The third kappa shape index (κ3) is 1.70. The Morgan fingerprint density at radius 2 is 2.30 bits per heavy atom. The Morgan fingerprint density at radius 1 is 1.60 bits per heavy atom. The van der Waals surface area contributed by atoms with Gasteiger partial charge in [-0.1, -0.05) is 0 Å². The number of hydrogen-bond acceptors (Lipinski definition) is 2. The third-order valence-corrected chi connectivity index (χ3v) is 2.58. The quantitative estimate of drug-likeness (QED) is 0.584. The molecule has 60 valence electrons. The average Bonchev–Trinajstić information content (AvgIpc) is 1.95. The molecule has 1 saturated heterocycles. The van der Waals surface area contributed by atoms with Crippen LogP contribution in [0.4, 0.5) is 0 Å². The molecule has 1 rings (SSSR count). The van der Waals surface area contributed by atoms with Crippen molar-refractivity contribution in [2.24, 2.45) is 5.92 Å². The molecule has 2 unspecified atom stereocenters. The molecular weight excluding hydrogens is 126 g/mol. The van der Waals surface area contributed by atoms with Crippen molar-refractivity contribution in [2.45, 2.75) is 25.8 Å². The van der Waals surface area contributed by atoms with Gasteiger partial charge < -0.3 is 10.0 Å². The van der Waals surface area contributed by atoms with Crippen LogP contribution in [0.1, 0.15) is 19.8 Å². The van der Waals surface area contributed by atoms with E-state index in [-0.39, 0.29) is 0 Å². The number of aliphatic hydroxyl groups is 1. The van der Waals surface area contributed by atoms with Gasteiger partial charge in [-0.05, 0) is 39.3 Å². The van der Waals surface area contributed by atoms with Crippen molar-refractivity contribution in [3.63, 3.8) is 0 Å². The van der Waals surface area contributed by atoms with Crippen LogP contribution in [-0.2, 0) is 0 Å². The molecule has 0 aromatic carbocycles. The van der Waals surface area contributed by atoms with Crippen molar-refractivity contribution in [1.82, 2.24) is 4.90 Å². The molecule has 0 aromatic rings. The minimum atomic E-state index is 0.373. The standard InChI is InChI=1S/C8H17NO/c1-7-5-8(6-10)3-4-9(7)2/h7-8,10H,3-6H2,1-2H3. The number of piperidine rings is 1. The first-order chi connectivity index (χ1) is 4.74. The van der Waals surface area contributed by atoms with Gasteiger partial charge in [0.1, 0.15) is 0 Å². The highest BCUT2D eigenvalue weighted by molar-refractivity contribution is 4.75. The first kappa shape index (κ1) is 8.02. The molecule has 1 N–H and O–H groups in total. The van der Waals surface area contributed by atoms with Crippen LogP contribution in [0.2, 0.25) is 0 Å². The Labute approximate surface area is 62.8 Å². The second kappa shape index (κ2) is 3.35. The molecular formula is C8H17NO. The van der Waals surface area contributed by atoms with Gasteiger partial charge in [-0.2, -0.15) is 0 Å². The van der Waals surface area contributed by atoms with Gasteiger partial charge in [-0.25, -0.2) is 0 Å². The first-order valence-electron chi connectivity index (χ1n) is 4.05. The molecule has 0 amide bonds. The molecule has 1 aliphatic rings. The first-order valence-corrected chi connectivity index (χ1v) is 4.05. The smallest absolute Gasteiger partial charge is 0.0460 e. The van der Waals surface area contributed by atoms with Gasteiger partial charge in [0.15, 0.2) is 0 Å². The van der Waals surface area contributed by atoms with Crippen molar-refractivity contribution in [1.29, 1.82) is 0 Å². The SMILES string of the molecule is CC1CC(CO)CCN1C. The van der Waals surface area contributed by atoms with Crippen LogP contribution in [0.15, 0.2) is 0 Å². The van der Waals surface area contributed by atoms with Gasteiger partial charge in [0.05, 0.1) is 0 Å². The Bertz CT molecular complexity index is 105. The van der Waals surface area contributed by atoms with Gasteiger partial charge in [0.2, 0.25) is 0 Å². The number of hydrogen-bond donors (Lipinski definition) is 1. The zero-order chi connectivity index (χ0) is 7.56. The van der Waals surface area contributed by atoms with E-state index in [0.29, 0.717) is 18.6 Å². The van der Waals surface area contributed by atoms with Crippen LogP contribution in [0.25, 0.3) is 0 Å². The minimum absolute atomic E-state index is 0.373. The average molecular weight is 143 g/mol. The monoisotopic (exact) mass is 143 g/mol. The molecule has 0 spiro atoms. The van der Waals surface area contributed by atoms with Crippen molar-refractivity contribution in [3.8, 4) is 0 Å². The Hall–Kier alpha value is -0.0800. The lowest BCUT2D eigenvalue weighted by Crippen LogP contribution is -2.38. The zero-order valence-corrected chi connectivity index (χ0v) is 6.88. The lowest BCUT2D eigenvalue weighted by atomic mass is 9.93. The maximum Gasteiger partial charge on any atom is 0.0460 e. The van der Waals surface area contributed by atoms with E-state index in [4.69, 9.17) is 5.11 Å². The van der Waals surface area contributed by atoms with E-state index in [1.165, 1.54) is 0 Å². The zero-order valence-electron chi connectivity index (χ0n) is 6.88. The molecule has 2 heteroatoms. The maximum absolute atomic E-state index is 8.88. The van der Waals surface area contributed by atoms with E-state index in [1.807, 2.05) is 0 Å².